The molecule has 0 aromatic heterocycles. The van der Waals surface area contributed by atoms with Gasteiger partial charge >= 0.3 is 0 Å². The second kappa shape index (κ2) is 3.17. The summed E-state index contributed by atoms with van der Waals surface area (Å²) >= 11 is 0. The molecule has 3 heteroatoms. The van der Waals surface area contributed by atoms with E-state index in [0.29, 0.717) is 13.2 Å². The summed E-state index contributed by atoms with van der Waals surface area (Å²) in [7, 11) is 0. The van der Waals surface area contributed by atoms with E-state index in [-0.39, 0.29) is 12.4 Å². The molecular weight excluding hydrogens is 156 g/mol. The molecule has 1 heterocycles. The van der Waals surface area contributed by atoms with Crippen LogP contribution < -0.4 is 0 Å². The highest BCUT2D eigenvalue weighted by molar-refractivity contribution is 5.09. The van der Waals surface area contributed by atoms with Crippen molar-refractivity contribution in [2.75, 3.05) is 19.8 Å². The lowest BCUT2D eigenvalue weighted by Gasteiger charge is -2.30. The molecule has 1 aliphatic carbocycles. The Balaban J connectivity index is 2.01. The highest BCUT2D eigenvalue weighted by atomic mass is 16.7. The first-order valence-corrected chi connectivity index (χ1v) is 4.41. The predicted molar refractivity (Wildman–Crippen MR) is 43.7 cm³/mol. The lowest BCUT2D eigenvalue weighted by atomic mass is 9.94. The van der Waals surface area contributed by atoms with Gasteiger partial charge in [-0.05, 0) is 12.0 Å². The summed E-state index contributed by atoms with van der Waals surface area (Å²) in [4.78, 5) is 0. The molecule has 0 radical (unpaired) electrons. The average Bonchev–Trinajstić information content (AvgIpc) is 2.55. The first kappa shape index (κ1) is 8.23. The van der Waals surface area contributed by atoms with Crippen LogP contribution in [-0.2, 0) is 9.47 Å². The molecule has 0 saturated carbocycles. The summed E-state index contributed by atoms with van der Waals surface area (Å²) in [5, 5.41) is 8.87. The third kappa shape index (κ3) is 1.40. The first-order valence-electron chi connectivity index (χ1n) is 4.41. The molecule has 0 atom stereocenters. The van der Waals surface area contributed by atoms with Gasteiger partial charge < -0.3 is 14.6 Å². The quantitative estimate of drug-likeness (QED) is 0.592. The van der Waals surface area contributed by atoms with E-state index in [1.54, 1.807) is 0 Å². The van der Waals surface area contributed by atoms with Gasteiger partial charge in [0.1, 0.15) is 0 Å². The molecule has 2 rings (SSSR count). The first-order chi connectivity index (χ1) is 5.85. The third-order valence-electron chi connectivity index (χ3n) is 2.55. The Kier molecular flexibility index (Phi) is 2.17. The maximum absolute atomic E-state index is 8.87. The lowest BCUT2D eigenvalue weighted by molar-refractivity contribution is -0.161. The van der Waals surface area contributed by atoms with Crippen molar-refractivity contribution in [2.45, 2.75) is 25.0 Å². The van der Waals surface area contributed by atoms with Crippen molar-refractivity contribution in [3.05, 3.63) is 11.6 Å². The maximum atomic E-state index is 8.87. The second-order valence-corrected chi connectivity index (χ2v) is 3.33. The summed E-state index contributed by atoms with van der Waals surface area (Å²) < 4.78 is 11.1. The van der Waals surface area contributed by atoms with E-state index >= 15 is 0 Å². The van der Waals surface area contributed by atoms with E-state index in [2.05, 4.69) is 0 Å². The molecule has 12 heavy (non-hydrogen) atoms. The number of aliphatic hydroxyl groups excluding tert-OH is 1. The largest absolute Gasteiger partial charge is 0.392 e. The molecule has 0 aromatic carbocycles. The fourth-order valence-corrected chi connectivity index (χ4v) is 1.76. The van der Waals surface area contributed by atoms with Gasteiger partial charge in [-0.3, -0.25) is 0 Å². The van der Waals surface area contributed by atoms with Crippen LogP contribution in [0.15, 0.2) is 11.6 Å². The minimum atomic E-state index is -0.335. The minimum Gasteiger partial charge on any atom is -0.392 e. The molecule has 2 aliphatic rings. The SMILES string of the molecule is OCC1=CCC2(CC1)OCCO2. The van der Waals surface area contributed by atoms with Crippen molar-refractivity contribution in [2.24, 2.45) is 0 Å². The lowest BCUT2D eigenvalue weighted by Crippen LogP contribution is -2.32. The molecule has 3 nitrogen and oxygen atoms in total. The van der Waals surface area contributed by atoms with Gasteiger partial charge in [0.05, 0.1) is 19.8 Å². The van der Waals surface area contributed by atoms with Gasteiger partial charge in [-0.2, -0.15) is 0 Å². The molecule has 0 unspecified atom stereocenters. The van der Waals surface area contributed by atoms with Crippen LogP contribution in [0.1, 0.15) is 19.3 Å². The summed E-state index contributed by atoms with van der Waals surface area (Å²) in [5.41, 5.74) is 1.11. The molecule has 1 saturated heterocycles. The predicted octanol–water partition coefficient (Wildman–Crippen LogP) is 0.832. The summed E-state index contributed by atoms with van der Waals surface area (Å²) in [6.45, 7) is 1.60. The van der Waals surface area contributed by atoms with Gasteiger partial charge in [0.25, 0.3) is 0 Å². The number of hydrogen-bond donors (Lipinski definition) is 1. The molecular formula is C9H14O3. The van der Waals surface area contributed by atoms with E-state index in [1.165, 1.54) is 0 Å². The minimum absolute atomic E-state index is 0.177. The Labute approximate surface area is 72.0 Å². The van der Waals surface area contributed by atoms with Crippen LogP contribution in [0, 0.1) is 0 Å². The highest BCUT2D eigenvalue weighted by Gasteiger charge is 2.37. The van der Waals surface area contributed by atoms with Gasteiger partial charge in [0.15, 0.2) is 5.79 Å². The van der Waals surface area contributed by atoms with Crippen LogP contribution in [0.25, 0.3) is 0 Å². The molecule has 1 aliphatic heterocycles. The van der Waals surface area contributed by atoms with E-state index < -0.39 is 0 Å². The van der Waals surface area contributed by atoms with Crippen LogP contribution in [0.2, 0.25) is 0 Å². The highest BCUT2D eigenvalue weighted by Crippen LogP contribution is 2.34. The summed E-state index contributed by atoms with van der Waals surface area (Å²) in [6.07, 6.45) is 4.62. The fraction of sp³-hybridized carbons (Fsp3) is 0.778. The Bertz CT molecular complexity index is 192. The Hall–Kier alpha value is -0.380. The number of ether oxygens (including phenoxy) is 2. The monoisotopic (exact) mass is 170 g/mol. The van der Waals surface area contributed by atoms with Crippen LogP contribution in [0.5, 0.6) is 0 Å². The molecule has 0 amide bonds. The van der Waals surface area contributed by atoms with Gasteiger partial charge in [0, 0.05) is 12.8 Å². The van der Waals surface area contributed by atoms with Crippen molar-refractivity contribution in [3.63, 3.8) is 0 Å². The molecule has 1 spiro atoms. The van der Waals surface area contributed by atoms with Gasteiger partial charge in [-0.1, -0.05) is 6.08 Å². The summed E-state index contributed by atoms with van der Waals surface area (Å²) in [5.74, 6) is -0.335. The van der Waals surface area contributed by atoms with Crippen molar-refractivity contribution < 1.29 is 14.6 Å². The fourth-order valence-electron chi connectivity index (χ4n) is 1.76. The zero-order chi connectivity index (χ0) is 8.44. The Morgan fingerprint density at radius 1 is 1.42 bits per heavy atom. The van der Waals surface area contributed by atoms with Crippen molar-refractivity contribution in [1.29, 1.82) is 0 Å². The molecule has 1 fully saturated rings. The van der Waals surface area contributed by atoms with Crippen molar-refractivity contribution in [3.8, 4) is 0 Å². The van der Waals surface area contributed by atoms with E-state index in [4.69, 9.17) is 14.6 Å². The Morgan fingerprint density at radius 3 is 2.67 bits per heavy atom. The number of hydrogen-bond acceptors (Lipinski definition) is 3. The normalized spacial score (nSPS) is 27.6. The van der Waals surface area contributed by atoms with E-state index in [0.717, 1.165) is 24.8 Å². The Morgan fingerprint density at radius 2 is 2.17 bits per heavy atom. The van der Waals surface area contributed by atoms with Crippen LogP contribution in [0.3, 0.4) is 0 Å². The van der Waals surface area contributed by atoms with Gasteiger partial charge in [-0.25, -0.2) is 0 Å². The van der Waals surface area contributed by atoms with Crippen LogP contribution in [-0.4, -0.2) is 30.7 Å². The number of rotatable bonds is 1. The second-order valence-electron chi connectivity index (χ2n) is 3.33. The molecule has 0 bridgehead atoms. The van der Waals surface area contributed by atoms with Gasteiger partial charge in [0.2, 0.25) is 0 Å². The van der Waals surface area contributed by atoms with Crippen molar-refractivity contribution in [1.82, 2.24) is 0 Å². The van der Waals surface area contributed by atoms with Gasteiger partial charge in [-0.15, -0.1) is 0 Å². The van der Waals surface area contributed by atoms with E-state index in [9.17, 15) is 0 Å². The van der Waals surface area contributed by atoms with Crippen LogP contribution >= 0.6 is 0 Å². The van der Waals surface area contributed by atoms with Crippen LogP contribution in [0.4, 0.5) is 0 Å². The summed E-state index contributed by atoms with van der Waals surface area (Å²) in [6, 6.07) is 0. The van der Waals surface area contributed by atoms with E-state index in [1.807, 2.05) is 6.08 Å². The maximum Gasteiger partial charge on any atom is 0.172 e. The third-order valence-corrected chi connectivity index (χ3v) is 2.55. The molecule has 68 valence electrons. The van der Waals surface area contributed by atoms with Crippen molar-refractivity contribution >= 4 is 0 Å². The zero-order valence-electron chi connectivity index (χ0n) is 7.08. The molecule has 0 aromatic rings. The smallest absolute Gasteiger partial charge is 0.172 e. The number of aliphatic hydroxyl groups is 1. The molecule has 1 N–H and O–H groups in total. The topological polar surface area (TPSA) is 38.7 Å². The standard InChI is InChI=1S/C9H14O3/c10-7-8-1-3-9(4-2-8)11-5-6-12-9/h1,10H,2-7H2. The zero-order valence-corrected chi connectivity index (χ0v) is 7.08. The average molecular weight is 170 g/mol.